The van der Waals surface area contributed by atoms with E-state index in [0.29, 0.717) is 26.2 Å². The van der Waals surface area contributed by atoms with Crippen molar-refractivity contribution in [3.8, 4) is 11.3 Å². The molecule has 30 heavy (non-hydrogen) atoms. The van der Waals surface area contributed by atoms with Crippen LogP contribution in [0.5, 0.6) is 0 Å². The summed E-state index contributed by atoms with van der Waals surface area (Å²) in [6.07, 6.45) is 0. The lowest BCUT2D eigenvalue weighted by molar-refractivity contribution is 0.222. The number of nitrogens with zero attached hydrogens (tertiary/aromatic N) is 4. The SMILES string of the molecule is CN1CCN(S(=O)(=O)c2cc(-c3cs/c(=N/c4ccccc4)n3C)ccc2Cl)CC1. The lowest BCUT2D eigenvalue weighted by Crippen LogP contribution is -2.47. The fourth-order valence-electron chi connectivity index (χ4n) is 3.37. The summed E-state index contributed by atoms with van der Waals surface area (Å²) in [5.41, 5.74) is 2.55. The molecule has 9 heteroatoms. The lowest BCUT2D eigenvalue weighted by atomic mass is 10.2. The fraction of sp³-hybridized carbons (Fsp3) is 0.286. The molecule has 0 saturated carbocycles. The number of benzene rings is 2. The number of sulfonamides is 1. The molecule has 0 radical (unpaired) electrons. The molecule has 0 aliphatic carbocycles. The average molecular weight is 463 g/mol. The molecule has 0 N–H and O–H groups in total. The molecule has 4 rings (SSSR count). The van der Waals surface area contributed by atoms with Crippen LogP contribution in [-0.2, 0) is 17.1 Å². The number of para-hydroxylation sites is 1. The van der Waals surface area contributed by atoms with Crippen LogP contribution in [0, 0.1) is 0 Å². The summed E-state index contributed by atoms with van der Waals surface area (Å²) in [4.78, 5) is 7.78. The van der Waals surface area contributed by atoms with E-state index < -0.39 is 10.0 Å². The number of rotatable bonds is 4. The molecule has 0 bridgehead atoms. The van der Waals surface area contributed by atoms with Gasteiger partial charge in [0.1, 0.15) is 4.90 Å². The summed E-state index contributed by atoms with van der Waals surface area (Å²) in [6, 6.07) is 14.9. The van der Waals surface area contributed by atoms with E-state index in [2.05, 4.69) is 9.89 Å². The van der Waals surface area contributed by atoms with Crippen LogP contribution in [-0.4, -0.2) is 55.4 Å². The first-order valence-corrected chi connectivity index (χ1v) is 12.3. The van der Waals surface area contributed by atoms with Gasteiger partial charge >= 0.3 is 0 Å². The maximum Gasteiger partial charge on any atom is 0.244 e. The highest BCUT2D eigenvalue weighted by atomic mass is 35.5. The minimum atomic E-state index is -3.66. The van der Waals surface area contributed by atoms with Crippen molar-refractivity contribution >= 4 is 38.6 Å². The van der Waals surface area contributed by atoms with E-state index in [1.807, 2.05) is 60.4 Å². The Morgan fingerprint density at radius 1 is 1.00 bits per heavy atom. The molecule has 0 atom stereocenters. The van der Waals surface area contributed by atoms with Gasteiger partial charge in [0.25, 0.3) is 0 Å². The molecule has 2 aromatic carbocycles. The standard InChI is InChI=1S/C21H23ClN4O2S2/c1-24-10-12-26(13-11-24)30(27,28)20-14-16(8-9-18(20)22)19-15-29-21(25(19)2)23-17-6-4-3-5-7-17/h3-9,14-15H,10-13H2,1-2H3/b23-21+. The Morgan fingerprint density at radius 2 is 1.70 bits per heavy atom. The zero-order valence-corrected chi connectivity index (χ0v) is 19.2. The second-order valence-electron chi connectivity index (χ2n) is 7.26. The highest BCUT2D eigenvalue weighted by Crippen LogP contribution is 2.31. The van der Waals surface area contributed by atoms with Gasteiger partial charge in [-0.15, -0.1) is 11.3 Å². The molecule has 6 nitrogen and oxygen atoms in total. The summed E-state index contributed by atoms with van der Waals surface area (Å²) in [7, 11) is 0.264. The highest BCUT2D eigenvalue weighted by molar-refractivity contribution is 7.89. The van der Waals surface area contributed by atoms with Gasteiger partial charge in [-0.25, -0.2) is 13.4 Å². The van der Waals surface area contributed by atoms with E-state index in [0.717, 1.165) is 21.7 Å². The van der Waals surface area contributed by atoms with Crippen molar-refractivity contribution in [2.75, 3.05) is 33.2 Å². The van der Waals surface area contributed by atoms with Crippen molar-refractivity contribution < 1.29 is 8.42 Å². The number of aromatic nitrogens is 1. The van der Waals surface area contributed by atoms with E-state index in [1.165, 1.54) is 15.6 Å². The van der Waals surface area contributed by atoms with Crippen molar-refractivity contribution in [1.82, 2.24) is 13.8 Å². The number of thiazole rings is 1. The zero-order chi connectivity index (χ0) is 21.3. The molecule has 0 spiro atoms. The quantitative estimate of drug-likeness (QED) is 0.595. The third-order valence-electron chi connectivity index (χ3n) is 5.21. The molecule has 1 aliphatic rings. The molecule has 3 aromatic rings. The molecule has 0 unspecified atom stereocenters. The molecule has 0 amide bonds. The van der Waals surface area contributed by atoms with Crippen molar-refractivity contribution in [1.29, 1.82) is 0 Å². The summed E-state index contributed by atoms with van der Waals surface area (Å²) in [5, 5.41) is 2.22. The van der Waals surface area contributed by atoms with Crippen LogP contribution in [0.15, 0.2) is 63.8 Å². The number of hydrogen-bond acceptors (Lipinski definition) is 5. The van der Waals surface area contributed by atoms with Crippen LogP contribution in [0.25, 0.3) is 11.3 Å². The smallest absolute Gasteiger partial charge is 0.244 e. The first kappa shape index (κ1) is 21.3. The zero-order valence-electron chi connectivity index (χ0n) is 16.8. The van der Waals surface area contributed by atoms with E-state index in [1.54, 1.807) is 12.1 Å². The molecule has 1 saturated heterocycles. The van der Waals surface area contributed by atoms with Gasteiger partial charge in [0.15, 0.2) is 4.80 Å². The fourth-order valence-corrected chi connectivity index (χ4v) is 6.22. The van der Waals surface area contributed by atoms with Crippen LogP contribution >= 0.6 is 22.9 Å². The van der Waals surface area contributed by atoms with E-state index >= 15 is 0 Å². The van der Waals surface area contributed by atoms with Gasteiger partial charge in [0.2, 0.25) is 10.0 Å². The van der Waals surface area contributed by atoms with Gasteiger partial charge in [-0.05, 0) is 31.3 Å². The van der Waals surface area contributed by atoms with Crippen molar-refractivity contribution in [3.63, 3.8) is 0 Å². The lowest BCUT2D eigenvalue weighted by Gasteiger charge is -2.31. The second kappa shape index (κ2) is 8.64. The topological polar surface area (TPSA) is 57.9 Å². The molecule has 1 fully saturated rings. The van der Waals surface area contributed by atoms with Crippen LogP contribution < -0.4 is 4.80 Å². The summed E-state index contributed by atoms with van der Waals surface area (Å²) >= 11 is 7.84. The van der Waals surface area contributed by atoms with Crippen molar-refractivity contribution in [2.45, 2.75) is 4.90 Å². The van der Waals surface area contributed by atoms with E-state index in [9.17, 15) is 8.42 Å². The van der Waals surface area contributed by atoms with Crippen LogP contribution in [0.1, 0.15) is 0 Å². The third kappa shape index (κ3) is 4.24. The predicted octanol–water partition coefficient (Wildman–Crippen LogP) is 3.58. The highest BCUT2D eigenvalue weighted by Gasteiger charge is 2.29. The minimum absolute atomic E-state index is 0.152. The van der Waals surface area contributed by atoms with E-state index in [-0.39, 0.29) is 9.92 Å². The Balaban J connectivity index is 1.72. The maximum atomic E-state index is 13.2. The van der Waals surface area contributed by atoms with Gasteiger partial charge in [-0.1, -0.05) is 35.9 Å². The monoisotopic (exact) mass is 462 g/mol. The largest absolute Gasteiger partial charge is 0.320 e. The molecular weight excluding hydrogens is 440 g/mol. The Kier molecular flexibility index (Phi) is 6.13. The molecule has 2 heterocycles. The van der Waals surface area contributed by atoms with Gasteiger partial charge in [-0.3, -0.25) is 0 Å². The molecule has 158 valence electrons. The van der Waals surface area contributed by atoms with Crippen LogP contribution in [0.2, 0.25) is 5.02 Å². The Labute approximate surface area is 185 Å². The third-order valence-corrected chi connectivity index (χ3v) is 8.51. The molecular formula is C21H23ClN4O2S2. The van der Waals surface area contributed by atoms with Crippen LogP contribution in [0.4, 0.5) is 5.69 Å². The summed E-state index contributed by atoms with van der Waals surface area (Å²) < 4.78 is 29.9. The number of likely N-dealkylation sites (N-methyl/N-ethyl adjacent to an activating group) is 1. The summed E-state index contributed by atoms with van der Waals surface area (Å²) in [5.74, 6) is 0. The number of piperazine rings is 1. The van der Waals surface area contributed by atoms with Crippen molar-refractivity contribution in [3.05, 3.63) is 63.7 Å². The molecule has 1 aliphatic heterocycles. The Bertz CT molecular complexity index is 1210. The van der Waals surface area contributed by atoms with E-state index in [4.69, 9.17) is 11.6 Å². The second-order valence-corrected chi connectivity index (χ2v) is 10.4. The van der Waals surface area contributed by atoms with Crippen molar-refractivity contribution in [2.24, 2.45) is 12.0 Å². The average Bonchev–Trinajstić information content (AvgIpc) is 3.09. The first-order valence-electron chi connectivity index (χ1n) is 9.59. The Hall–Kier alpha value is -1.97. The normalized spacial score (nSPS) is 16.8. The maximum absolute atomic E-state index is 13.2. The van der Waals surface area contributed by atoms with Crippen LogP contribution in [0.3, 0.4) is 0 Å². The van der Waals surface area contributed by atoms with Gasteiger partial charge in [0.05, 0.1) is 16.4 Å². The molecule has 1 aromatic heterocycles. The predicted molar refractivity (Wildman–Crippen MR) is 122 cm³/mol. The minimum Gasteiger partial charge on any atom is -0.320 e. The first-order chi connectivity index (χ1) is 14.4. The van der Waals surface area contributed by atoms with Gasteiger partial charge < -0.3 is 9.47 Å². The number of halogens is 1. The Morgan fingerprint density at radius 3 is 2.40 bits per heavy atom. The number of hydrogen-bond donors (Lipinski definition) is 0. The van der Waals surface area contributed by atoms with Gasteiger partial charge in [-0.2, -0.15) is 4.31 Å². The summed E-state index contributed by atoms with van der Waals surface area (Å²) in [6.45, 7) is 2.35. The van der Waals surface area contributed by atoms with Gasteiger partial charge in [0, 0.05) is 44.2 Å².